The number of nitrogens with one attached hydrogen (secondary N) is 2. The van der Waals surface area contributed by atoms with Crippen LogP contribution in [-0.2, 0) is 22.6 Å². The number of anilines is 1. The fourth-order valence-electron chi connectivity index (χ4n) is 3.40. The molecular weight excluding hydrogens is 398 g/mol. The third-order valence-electron chi connectivity index (χ3n) is 5.16. The van der Waals surface area contributed by atoms with Crippen LogP contribution in [-0.4, -0.2) is 35.7 Å². The standard InChI is InChI=1S/C23H29N3O3S/c1-15(2)13-24-23(29)17-4-5-19(16(3)12-17)25-21(27)6-7-22(28)26-10-8-20-18(14-26)9-11-30-20/h4-5,9,11-12,15H,6-8,10,13-14H2,1-3H3,(H,24,29)(H,25,27). The molecule has 3 rings (SSSR count). The minimum atomic E-state index is -0.198. The van der Waals surface area contributed by atoms with E-state index in [0.29, 0.717) is 36.8 Å². The molecule has 0 fully saturated rings. The summed E-state index contributed by atoms with van der Waals surface area (Å²) in [4.78, 5) is 40.2. The third kappa shape index (κ3) is 5.69. The quantitative estimate of drug-likeness (QED) is 0.706. The van der Waals surface area contributed by atoms with Gasteiger partial charge in [0.2, 0.25) is 11.8 Å². The van der Waals surface area contributed by atoms with Crippen molar-refractivity contribution in [1.29, 1.82) is 0 Å². The lowest BCUT2D eigenvalue weighted by Crippen LogP contribution is -2.35. The van der Waals surface area contributed by atoms with Gasteiger partial charge >= 0.3 is 0 Å². The van der Waals surface area contributed by atoms with Gasteiger partial charge in [-0.2, -0.15) is 0 Å². The van der Waals surface area contributed by atoms with E-state index >= 15 is 0 Å². The number of amides is 3. The maximum atomic E-state index is 12.5. The van der Waals surface area contributed by atoms with Crippen LogP contribution in [0, 0.1) is 12.8 Å². The van der Waals surface area contributed by atoms with Gasteiger partial charge in [0.25, 0.3) is 5.91 Å². The number of thiophene rings is 1. The normalized spacial score (nSPS) is 13.1. The van der Waals surface area contributed by atoms with Crippen molar-refractivity contribution in [2.45, 2.75) is 46.6 Å². The zero-order valence-corrected chi connectivity index (χ0v) is 18.6. The van der Waals surface area contributed by atoms with Gasteiger partial charge in [-0.25, -0.2) is 0 Å². The lowest BCUT2D eigenvalue weighted by Gasteiger charge is -2.27. The Morgan fingerprint density at radius 3 is 2.70 bits per heavy atom. The summed E-state index contributed by atoms with van der Waals surface area (Å²) in [6.45, 7) is 7.91. The summed E-state index contributed by atoms with van der Waals surface area (Å²) in [6, 6.07) is 7.28. The van der Waals surface area contributed by atoms with E-state index < -0.39 is 0 Å². The first kappa shape index (κ1) is 22.0. The first-order valence-corrected chi connectivity index (χ1v) is 11.2. The van der Waals surface area contributed by atoms with Gasteiger partial charge in [-0.1, -0.05) is 13.8 Å². The smallest absolute Gasteiger partial charge is 0.251 e. The number of aryl methyl sites for hydroxylation is 1. The minimum Gasteiger partial charge on any atom is -0.352 e. The molecule has 0 atom stereocenters. The topological polar surface area (TPSA) is 78.5 Å². The monoisotopic (exact) mass is 427 g/mol. The van der Waals surface area contributed by atoms with Gasteiger partial charge in [-0.15, -0.1) is 11.3 Å². The molecule has 1 aromatic carbocycles. The van der Waals surface area contributed by atoms with Crippen LogP contribution in [0.4, 0.5) is 5.69 Å². The number of nitrogens with zero attached hydrogens (tertiary/aromatic N) is 1. The zero-order chi connectivity index (χ0) is 21.7. The van der Waals surface area contributed by atoms with Gasteiger partial charge < -0.3 is 15.5 Å². The van der Waals surface area contributed by atoms with E-state index in [2.05, 4.69) is 22.1 Å². The van der Waals surface area contributed by atoms with Crippen molar-refractivity contribution in [3.8, 4) is 0 Å². The molecule has 0 aliphatic carbocycles. The highest BCUT2D eigenvalue weighted by Gasteiger charge is 2.22. The predicted octanol–water partition coefficient (Wildman–Crippen LogP) is 3.75. The van der Waals surface area contributed by atoms with Crippen molar-refractivity contribution < 1.29 is 14.4 Å². The molecular formula is C23H29N3O3S. The Bertz CT molecular complexity index is 936. The molecule has 7 heteroatoms. The van der Waals surface area contributed by atoms with Crippen LogP contribution in [0.3, 0.4) is 0 Å². The number of hydrogen-bond acceptors (Lipinski definition) is 4. The van der Waals surface area contributed by atoms with E-state index in [-0.39, 0.29) is 30.6 Å². The average Bonchev–Trinajstić information content (AvgIpc) is 3.19. The Morgan fingerprint density at radius 1 is 1.17 bits per heavy atom. The molecule has 3 amide bonds. The van der Waals surface area contributed by atoms with E-state index in [1.54, 1.807) is 29.5 Å². The molecule has 1 aliphatic heterocycles. The molecule has 0 unspecified atom stereocenters. The van der Waals surface area contributed by atoms with E-state index in [9.17, 15) is 14.4 Å². The van der Waals surface area contributed by atoms with E-state index in [1.165, 1.54) is 10.4 Å². The van der Waals surface area contributed by atoms with Crippen LogP contribution < -0.4 is 10.6 Å². The van der Waals surface area contributed by atoms with Gasteiger partial charge in [0, 0.05) is 48.6 Å². The van der Waals surface area contributed by atoms with Gasteiger partial charge in [0.15, 0.2) is 0 Å². The largest absolute Gasteiger partial charge is 0.352 e. The Kier molecular flexibility index (Phi) is 7.26. The number of fused-ring (bicyclic) bond motifs is 1. The first-order chi connectivity index (χ1) is 14.3. The van der Waals surface area contributed by atoms with Crippen molar-refractivity contribution in [2.24, 2.45) is 5.92 Å². The maximum Gasteiger partial charge on any atom is 0.251 e. The summed E-state index contributed by atoms with van der Waals surface area (Å²) in [6.07, 6.45) is 1.23. The summed E-state index contributed by atoms with van der Waals surface area (Å²) in [5.41, 5.74) is 3.26. The third-order valence-corrected chi connectivity index (χ3v) is 6.18. The maximum absolute atomic E-state index is 12.5. The minimum absolute atomic E-state index is 0.0101. The highest BCUT2D eigenvalue weighted by atomic mass is 32.1. The molecule has 6 nitrogen and oxygen atoms in total. The number of carbonyl (C=O) groups excluding carboxylic acids is 3. The van der Waals surface area contributed by atoms with E-state index in [4.69, 9.17) is 0 Å². The summed E-state index contributed by atoms with van der Waals surface area (Å²) in [5.74, 6) is 0.0757. The fourth-order valence-corrected chi connectivity index (χ4v) is 4.29. The lowest BCUT2D eigenvalue weighted by atomic mass is 10.1. The first-order valence-electron chi connectivity index (χ1n) is 10.3. The van der Waals surface area contributed by atoms with Crippen molar-refractivity contribution >= 4 is 34.7 Å². The summed E-state index contributed by atoms with van der Waals surface area (Å²) in [5, 5.41) is 7.81. The van der Waals surface area contributed by atoms with Crippen molar-refractivity contribution in [1.82, 2.24) is 10.2 Å². The van der Waals surface area contributed by atoms with Gasteiger partial charge in [0.1, 0.15) is 0 Å². The summed E-state index contributed by atoms with van der Waals surface area (Å²) >= 11 is 1.74. The van der Waals surface area contributed by atoms with Crippen molar-refractivity contribution in [3.63, 3.8) is 0 Å². The highest BCUT2D eigenvalue weighted by Crippen LogP contribution is 2.24. The highest BCUT2D eigenvalue weighted by molar-refractivity contribution is 7.10. The lowest BCUT2D eigenvalue weighted by molar-refractivity contribution is -0.133. The second-order valence-corrected chi connectivity index (χ2v) is 9.12. The molecule has 0 saturated carbocycles. The van der Waals surface area contributed by atoms with Crippen LogP contribution in [0.25, 0.3) is 0 Å². The SMILES string of the molecule is Cc1cc(C(=O)NCC(C)C)ccc1NC(=O)CCC(=O)N1CCc2sccc2C1. The Balaban J connectivity index is 1.49. The number of carbonyl (C=O) groups is 3. The van der Waals surface area contributed by atoms with Gasteiger partial charge in [-0.05, 0) is 60.0 Å². The second-order valence-electron chi connectivity index (χ2n) is 8.12. The van der Waals surface area contributed by atoms with Gasteiger partial charge in [0.05, 0.1) is 0 Å². The zero-order valence-electron chi connectivity index (χ0n) is 17.8. The van der Waals surface area contributed by atoms with Crippen LogP contribution in [0.1, 0.15) is 53.1 Å². The molecule has 0 bridgehead atoms. The molecule has 0 saturated heterocycles. The van der Waals surface area contributed by atoms with Crippen LogP contribution in [0.2, 0.25) is 0 Å². The molecule has 2 N–H and O–H groups in total. The Labute approximate surface area is 181 Å². The van der Waals surface area contributed by atoms with Crippen LogP contribution >= 0.6 is 11.3 Å². The number of hydrogen-bond donors (Lipinski definition) is 2. The number of benzene rings is 1. The molecule has 0 radical (unpaired) electrons. The molecule has 2 aromatic rings. The predicted molar refractivity (Wildman–Crippen MR) is 120 cm³/mol. The summed E-state index contributed by atoms with van der Waals surface area (Å²) in [7, 11) is 0. The van der Waals surface area contributed by atoms with Crippen LogP contribution in [0.5, 0.6) is 0 Å². The average molecular weight is 428 g/mol. The number of rotatable bonds is 7. The molecule has 1 aliphatic rings. The second kappa shape index (κ2) is 9.89. The van der Waals surface area contributed by atoms with Gasteiger partial charge in [-0.3, -0.25) is 14.4 Å². The molecule has 0 spiro atoms. The fraction of sp³-hybridized carbons (Fsp3) is 0.435. The molecule has 160 valence electrons. The Morgan fingerprint density at radius 2 is 1.97 bits per heavy atom. The Hall–Kier alpha value is -2.67. The van der Waals surface area contributed by atoms with E-state index in [0.717, 1.165) is 12.0 Å². The van der Waals surface area contributed by atoms with Crippen molar-refractivity contribution in [2.75, 3.05) is 18.4 Å². The van der Waals surface area contributed by atoms with Crippen LogP contribution in [0.15, 0.2) is 29.6 Å². The molecule has 1 aromatic heterocycles. The molecule has 30 heavy (non-hydrogen) atoms. The van der Waals surface area contributed by atoms with Crippen molar-refractivity contribution in [3.05, 3.63) is 51.2 Å². The van der Waals surface area contributed by atoms with E-state index in [1.807, 2.05) is 25.7 Å². The summed E-state index contributed by atoms with van der Waals surface area (Å²) < 4.78 is 0. The molecule has 2 heterocycles.